The maximum atomic E-state index is 11.9. The predicted molar refractivity (Wildman–Crippen MR) is 82.2 cm³/mol. The largest absolute Gasteiger partial charge is 0.489 e. The first-order valence-electron chi connectivity index (χ1n) is 6.74. The number of nitrogens with zero attached hydrogens (tertiary/aromatic N) is 1. The van der Waals surface area contributed by atoms with Crippen LogP contribution in [0.15, 0.2) is 48.5 Å². The Hall–Kier alpha value is -2.82. The minimum absolute atomic E-state index is 0.0988. The van der Waals surface area contributed by atoms with Crippen molar-refractivity contribution < 1.29 is 19.4 Å². The van der Waals surface area contributed by atoms with E-state index in [-0.39, 0.29) is 18.1 Å². The van der Waals surface area contributed by atoms with E-state index in [9.17, 15) is 9.59 Å². The van der Waals surface area contributed by atoms with Crippen LogP contribution in [0.3, 0.4) is 0 Å². The highest BCUT2D eigenvalue weighted by atomic mass is 16.5. The average molecular weight is 299 g/mol. The van der Waals surface area contributed by atoms with Crippen LogP contribution in [-0.4, -0.2) is 36.0 Å². The summed E-state index contributed by atoms with van der Waals surface area (Å²) in [5, 5.41) is 8.96. The summed E-state index contributed by atoms with van der Waals surface area (Å²) < 4.78 is 5.63. The minimum Gasteiger partial charge on any atom is -0.489 e. The van der Waals surface area contributed by atoms with Gasteiger partial charge >= 0.3 is 5.97 Å². The van der Waals surface area contributed by atoms with Crippen LogP contribution in [-0.2, 0) is 6.61 Å². The zero-order valence-electron chi connectivity index (χ0n) is 12.4. The third-order valence-corrected chi connectivity index (χ3v) is 3.07. The Balaban J connectivity index is 2.09. The summed E-state index contributed by atoms with van der Waals surface area (Å²) in [6.07, 6.45) is 0. The number of carboxylic acid groups (broad SMARTS) is 1. The molecule has 0 spiro atoms. The molecule has 1 amide bonds. The summed E-state index contributed by atoms with van der Waals surface area (Å²) in [6.45, 7) is 0.237. The Morgan fingerprint density at radius 2 is 1.73 bits per heavy atom. The van der Waals surface area contributed by atoms with Crippen molar-refractivity contribution in [2.45, 2.75) is 6.61 Å². The molecule has 2 rings (SSSR count). The maximum absolute atomic E-state index is 11.9. The van der Waals surface area contributed by atoms with E-state index in [1.807, 2.05) is 0 Å². The lowest BCUT2D eigenvalue weighted by atomic mass is 10.1. The van der Waals surface area contributed by atoms with Crippen molar-refractivity contribution in [1.29, 1.82) is 0 Å². The molecule has 0 saturated heterocycles. The van der Waals surface area contributed by atoms with Crippen molar-refractivity contribution in [1.82, 2.24) is 4.90 Å². The fourth-order valence-corrected chi connectivity index (χ4v) is 1.94. The summed E-state index contributed by atoms with van der Waals surface area (Å²) in [4.78, 5) is 24.3. The first kappa shape index (κ1) is 15.6. The fraction of sp³-hybridized carbons (Fsp3) is 0.176. The van der Waals surface area contributed by atoms with Gasteiger partial charge in [-0.25, -0.2) is 4.79 Å². The van der Waals surface area contributed by atoms with Gasteiger partial charge in [0, 0.05) is 19.7 Å². The molecule has 1 N–H and O–H groups in total. The summed E-state index contributed by atoms with van der Waals surface area (Å²) in [5.41, 5.74) is 1.52. The van der Waals surface area contributed by atoms with Gasteiger partial charge in [-0.3, -0.25) is 4.79 Å². The lowest BCUT2D eigenvalue weighted by Gasteiger charge is -2.12. The molecule has 114 valence electrons. The maximum Gasteiger partial charge on any atom is 0.335 e. The third-order valence-electron chi connectivity index (χ3n) is 3.07. The van der Waals surface area contributed by atoms with Crippen LogP contribution in [0.2, 0.25) is 0 Å². The van der Waals surface area contributed by atoms with Gasteiger partial charge in [-0.05, 0) is 35.9 Å². The van der Waals surface area contributed by atoms with Crippen molar-refractivity contribution in [2.24, 2.45) is 0 Å². The highest BCUT2D eigenvalue weighted by Gasteiger charge is 2.09. The molecule has 0 bridgehead atoms. The topological polar surface area (TPSA) is 66.8 Å². The van der Waals surface area contributed by atoms with Crippen molar-refractivity contribution in [3.05, 3.63) is 65.2 Å². The molecule has 0 unspecified atom stereocenters. The van der Waals surface area contributed by atoms with Crippen molar-refractivity contribution in [3.8, 4) is 5.75 Å². The molecule has 2 aromatic carbocycles. The fourth-order valence-electron chi connectivity index (χ4n) is 1.94. The number of carbonyl (C=O) groups is 2. The lowest BCUT2D eigenvalue weighted by molar-refractivity contribution is 0.0696. The van der Waals surface area contributed by atoms with Gasteiger partial charge in [0.2, 0.25) is 0 Å². The number of amides is 1. The number of carbonyl (C=O) groups excluding carboxylic acids is 1. The first-order chi connectivity index (χ1) is 10.5. The molecule has 0 aliphatic heterocycles. The number of carboxylic acids is 1. The molecule has 0 aromatic heterocycles. The van der Waals surface area contributed by atoms with Crippen molar-refractivity contribution in [3.63, 3.8) is 0 Å². The monoisotopic (exact) mass is 299 g/mol. The van der Waals surface area contributed by atoms with Crippen LogP contribution in [0.1, 0.15) is 26.3 Å². The summed E-state index contributed by atoms with van der Waals surface area (Å²) in [7, 11) is 3.38. The molecule has 0 fully saturated rings. The number of ether oxygens (including phenoxy) is 1. The van der Waals surface area contributed by atoms with E-state index in [1.165, 1.54) is 11.0 Å². The molecule has 0 atom stereocenters. The van der Waals surface area contributed by atoms with Gasteiger partial charge in [0.05, 0.1) is 5.56 Å². The van der Waals surface area contributed by atoms with Crippen LogP contribution < -0.4 is 4.74 Å². The number of hydrogen-bond donors (Lipinski definition) is 1. The van der Waals surface area contributed by atoms with Crippen LogP contribution in [0.25, 0.3) is 0 Å². The second-order valence-electron chi connectivity index (χ2n) is 5.02. The van der Waals surface area contributed by atoms with E-state index in [0.717, 1.165) is 5.56 Å². The molecule has 5 nitrogen and oxygen atoms in total. The van der Waals surface area contributed by atoms with E-state index < -0.39 is 5.97 Å². The zero-order valence-corrected chi connectivity index (χ0v) is 12.4. The number of benzene rings is 2. The normalized spacial score (nSPS) is 10.1. The Morgan fingerprint density at radius 3 is 2.41 bits per heavy atom. The van der Waals surface area contributed by atoms with E-state index in [1.54, 1.807) is 56.6 Å². The molecule has 0 heterocycles. The highest BCUT2D eigenvalue weighted by Crippen LogP contribution is 2.16. The summed E-state index contributed by atoms with van der Waals surface area (Å²) >= 11 is 0. The van der Waals surface area contributed by atoms with Crippen molar-refractivity contribution in [2.75, 3.05) is 14.1 Å². The molecule has 22 heavy (non-hydrogen) atoms. The molecular weight excluding hydrogens is 282 g/mol. The van der Waals surface area contributed by atoms with Gasteiger partial charge in [-0.15, -0.1) is 0 Å². The molecule has 0 aliphatic carbocycles. The molecule has 0 saturated carbocycles. The van der Waals surface area contributed by atoms with Crippen molar-refractivity contribution >= 4 is 11.9 Å². The average Bonchev–Trinajstić information content (AvgIpc) is 2.52. The van der Waals surface area contributed by atoms with Gasteiger partial charge in [0.25, 0.3) is 5.91 Å². The number of hydrogen-bond acceptors (Lipinski definition) is 3. The SMILES string of the molecule is CN(C)C(=O)c1cccc(OCc2cccc(C(=O)O)c2)c1. The van der Waals surface area contributed by atoms with Crippen LogP contribution in [0.5, 0.6) is 5.75 Å². The molecule has 2 aromatic rings. The summed E-state index contributed by atoms with van der Waals surface area (Å²) in [6, 6.07) is 13.5. The first-order valence-corrected chi connectivity index (χ1v) is 6.74. The third kappa shape index (κ3) is 3.85. The smallest absolute Gasteiger partial charge is 0.335 e. The van der Waals surface area contributed by atoms with Crippen LogP contribution in [0, 0.1) is 0 Å². The standard InChI is InChI=1S/C17H17NO4/c1-18(2)16(19)13-6-4-8-15(10-13)22-11-12-5-3-7-14(9-12)17(20)21/h3-10H,11H2,1-2H3,(H,20,21). The molecular formula is C17H17NO4. The van der Waals surface area contributed by atoms with E-state index >= 15 is 0 Å². The number of rotatable bonds is 5. The highest BCUT2D eigenvalue weighted by molar-refractivity contribution is 5.94. The summed E-state index contributed by atoms with van der Waals surface area (Å²) in [5.74, 6) is -0.507. The van der Waals surface area contributed by atoms with E-state index in [2.05, 4.69) is 0 Å². The minimum atomic E-state index is -0.972. The second-order valence-corrected chi connectivity index (χ2v) is 5.02. The second kappa shape index (κ2) is 6.76. The Bertz CT molecular complexity index is 695. The van der Waals surface area contributed by atoms with Crippen LogP contribution >= 0.6 is 0 Å². The lowest BCUT2D eigenvalue weighted by Crippen LogP contribution is -2.21. The zero-order chi connectivity index (χ0) is 16.1. The van der Waals surface area contributed by atoms with Gasteiger partial charge in [-0.2, -0.15) is 0 Å². The van der Waals surface area contributed by atoms with E-state index in [4.69, 9.17) is 9.84 Å². The van der Waals surface area contributed by atoms with E-state index in [0.29, 0.717) is 11.3 Å². The van der Waals surface area contributed by atoms with Gasteiger partial charge < -0.3 is 14.7 Å². The quantitative estimate of drug-likeness (QED) is 0.921. The molecule has 5 heteroatoms. The molecule has 0 aliphatic rings. The van der Waals surface area contributed by atoms with Gasteiger partial charge in [-0.1, -0.05) is 18.2 Å². The number of aromatic carboxylic acids is 1. The Morgan fingerprint density at radius 1 is 1.05 bits per heavy atom. The Labute approximate surface area is 128 Å². The Kier molecular flexibility index (Phi) is 4.78. The predicted octanol–water partition coefficient (Wildman–Crippen LogP) is 2.67. The van der Waals surface area contributed by atoms with Gasteiger partial charge in [0.15, 0.2) is 0 Å². The van der Waals surface area contributed by atoms with Crippen LogP contribution in [0.4, 0.5) is 0 Å². The van der Waals surface area contributed by atoms with Gasteiger partial charge in [0.1, 0.15) is 12.4 Å². The molecule has 0 radical (unpaired) electrons.